The molecule has 0 aromatic carbocycles. The topological polar surface area (TPSA) is 27.7 Å². The van der Waals surface area contributed by atoms with Crippen molar-refractivity contribution in [2.24, 2.45) is 0 Å². The number of rotatable bonds is 18. The first-order chi connectivity index (χ1) is 11.2. The molecule has 0 spiro atoms. The first-order valence-corrected chi connectivity index (χ1v) is 11.6. The lowest BCUT2D eigenvalue weighted by Crippen LogP contribution is -2.39. The van der Waals surface area contributed by atoms with Gasteiger partial charge in [-0.3, -0.25) is 0 Å². The summed E-state index contributed by atoms with van der Waals surface area (Å²) in [4.78, 5) is 0. The van der Waals surface area contributed by atoms with Crippen molar-refractivity contribution in [1.82, 2.24) is 0 Å². The summed E-state index contributed by atoms with van der Waals surface area (Å²) in [5.41, 5.74) is 0. The summed E-state index contributed by atoms with van der Waals surface area (Å²) >= 11 is 0. The van der Waals surface area contributed by atoms with Crippen LogP contribution in [0.3, 0.4) is 0 Å². The second kappa shape index (κ2) is 16.9. The molecule has 140 valence electrons. The molecule has 0 aliphatic heterocycles. The molecule has 0 atom stereocenters. The minimum absolute atomic E-state index is 0.625. The van der Waals surface area contributed by atoms with Crippen molar-refractivity contribution in [2.75, 3.05) is 19.8 Å². The van der Waals surface area contributed by atoms with Gasteiger partial charge in [-0.15, -0.1) is 0 Å². The summed E-state index contributed by atoms with van der Waals surface area (Å²) in [7, 11) is 1.38. The lowest BCUT2D eigenvalue weighted by atomic mass is 10.1. The number of ether oxygens (including phenoxy) is 3. The van der Waals surface area contributed by atoms with Crippen molar-refractivity contribution in [1.29, 1.82) is 0 Å². The first kappa shape index (κ1) is 23.1. The molecule has 0 amide bonds. The van der Waals surface area contributed by atoms with Crippen LogP contribution in [0.2, 0.25) is 6.04 Å². The van der Waals surface area contributed by atoms with Gasteiger partial charge in [-0.2, -0.15) is 0 Å². The van der Waals surface area contributed by atoms with E-state index in [0.717, 1.165) is 12.8 Å². The van der Waals surface area contributed by atoms with E-state index in [2.05, 4.69) is 0 Å². The Kier molecular flexibility index (Phi) is 17.0. The third kappa shape index (κ3) is 13.1. The standard InChI is InChI=1S/C19H42O3Si/c1-4-20-19(21-5-2,22-6-3)17-15-13-11-9-7-8-10-12-14-16-18-23/h4-18H2,1-3,23H3. The van der Waals surface area contributed by atoms with Crippen LogP contribution in [0.5, 0.6) is 0 Å². The molecule has 0 rings (SSSR count). The van der Waals surface area contributed by atoms with Gasteiger partial charge < -0.3 is 14.2 Å². The van der Waals surface area contributed by atoms with Crippen molar-refractivity contribution in [3.63, 3.8) is 0 Å². The molecule has 0 radical (unpaired) electrons. The molecule has 0 unspecified atom stereocenters. The van der Waals surface area contributed by atoms with E-state index in [4.69, 9.17) is 14.2 Å². The molecule has 0 N–H and O–H groups in total. The van der Waals surface area contributed by atoms with Crippen LogP contribution in [0, 0.1) is 0 Å². The fourth-order valence-electron chi connectivity index (χ4n) is 3.01. The summed E-state index contributed by atoms with van der Waals surface area (Å²) in [6.07, 6.45) is 14.5. The van der Waals surface area contributed by atoms with Crippen molar-refractivity contribution in [2.45, 2.75) is 103 Å². The fraction of sp³-hybridized carbons (Fsp3) is 1.00. The Bertz CT molecular complexity index is 220. The molecule has 3 nitrogen and oxygen atoms in total. The number of hydrogen-bond donors (Lipinski definition) is 0. The smallest absolute Gasteiger partial charge is 0.282 e. The van der Waals surface area contributed by atoms with E-state index in [1.165, 1.54) is 74.1 Å². The molecule has 0 aliphatic rings. The zero-order valence-electron chi connectivity index (χ0n) is 16.3. The highest BCUT2D eigenvalue weighted by Crippen LogP contribution is 2.24. The van der Waals surface area contributed by atoms with Crippen molar-refractivity contribution < 1.29 is 14.2 Å². The van der Waals surface area contributed by atoms with Crippen LogP contribution in [0.15, 0.2) is 0 Å². The number of unbranched alkanes of at least 4 members (excludes halogenated alkanes) is 9. The average Bonchev–Trinajstić information content (AvgIpc) is 2.53. The fourth-order valence-corrected chi connectivity index (χ4v) is 3.51. The molecule has 0 bridgehead atoms. The second-order valence-corrected chi connectivity index (χ2v) is 7.27. The van der Waals surface area contributed by atoms with Crippen LogP contribution < -0.4 is 0 Å². The molecule has 0 saturated heterocycles. The molecule has 0 aromatic rings. The van der Waals surface area contributed by atoms with Crippen LogP contribution in [0.1, 0.15) is 91.4 Å². The maximum Gasteiger partial charge on any atom is 0.282 e. The van der Waals surface area contributed by atoms with Crippen molar-refractivity contribution in [3.8, 4) is 0 Å². The molecule has 0 heterocycles. The molecule has 0 aromatic heterocycles. The zero-order chi connectivity index (χ0) is 17.2. The number of hydrogen-bond acceptors (Lipinski definition) is 3. The van der Waals surface area contributed by atoms with Crippen LogP contribution in [-0.4, -0.2) is 36.0 Å². The van der Waals surface area contributed by atoms with Gasteiger partial charge in [-0.25, -0.2) is 0 Å². The maximum atomic E-state index is 5.76. The van der Waals surface area contributed by atoms with E-state index >= 15 is 0 Å². The van der Waals surface area contributed by atoms with Crippen LogP contribution in [0.25, 0.3) is 0 Å². The summed E-state index contributed by atoms with van der Waals surface area (Å²) in [5, 5.41) is 0. The van der Waals surface area contributed by atoms with E-state index < -0.39 is 5.97 Å². The van der Waals surface area contributed by atoms with Gasteiger partial charge in [-0.1, -0.05) is 63.8 Å². The largest absolute Gasteiger partial charge is 0.328 e. The molecule has 23 heavy (non-hydrogen) atoms. The van der Waals surface area contributed by atoms with E-state index in [-0.39, 0.29) is 0 Å². The Morgan fingerprint density at radius 1 is 0.565 bits per heavy atom. The lowest BCUT2D eigenvalue weighted by Gasteiger charge is -2.32. The van der Waals surface area contributed by atoms with E-state index in [0.29, 0.717) is 19.8 Å². The Morgan fingerprint density at radius 3 is 1.26 bits per heavy atom. The highest BCUT2D eigenvalue weighted by Gasteiger charge is 2.31. The zero-order valence-corrected chi connectivity index (χ0v) is 18.3. The van der Waals surface area contributed by atoms with Gasteiger partial charge >= 0.3 is 0 Å². The third-order valence-corrected chi connectivity index (χ3v) is 4.89. The third-order valence-electron chi connectivity index (χ3n) is 4.18. The van der Waals surface area contributed by atoms with Gasteiger partial charge in [0.05, 0.1) is 0 Å². The van der Waals surface area contributed by atoms with E-state index in [1.807, 2.05) is 20.8 Å². The summed E-state index contributed by atoms with van der Waals surface area (Å²) in [5.74, 6) is -0.805. The monoisotopic (exact) mass is 346 g/mol. The minimum Gasteiger partial charge on any atom is -0.328 e. The van der Waals surface area contributed by atoms with Gasteiger partial charge in [0, 0.05) is 36.5 Å². The van der Waals surface area contributed by atoms with Gasteiger partial charge in [0.2, 0.25) is 0 Å². The summed E-state index contributed by atoms with van der Waals surface area (Å²) < 4.78 is 17.3. The Hall–Kier alpha value is 0.0969. The molecule has 0 aliphatic carbocycles. The second-order valence-electron chi connectivity index (χ2n) is 6.27. The average molecular weight is 347 g/mol. The van der Waals surface area contributed by atoms with Crippen LogP contribution in [-0.2, 0) is 14.2 Å². The van der Waals surface area contributed by atoms with E-state index in [1.54, 1.807) is 0 Å². The van der Waals surface area contributed by atoms with Gasteiger partial charge in [0.15, 0.2) is 0 Å². The van der Waals surface area contributed by atoms with E-state index in [9.17, 15) is 0 Å². The van der Waals surface area contributed by atoms with Crippen molar-refractivity contribution in [3.05, 3.63) is 0 Å². The quantitative estimate of drug-likeness (QED) is 0.202. The Morgan fingerprint density at radius 2 is 0.913 bits per heavy atom. The highest BCUT2D eigenvalue weighted by molar-refractivity contribution is 6.08. The Balaban J connectivity index is 3.65. The predicted molar refractivity (Wildman–Crippen MR) is 103 cm³/mol. The minimum atomic E-state index is -0.805. The van der Waals surface area contributed by atoms with Crippen LogP contribution >= 0.6 is 0 Å². The molecule has 4 heteroatoms. The molecule has 0 fully saturated rings. The normalized spacial score (nSPS) is 12.1. The van der Waals surface area contributed by atoms with Crippen LogP contribution in [0.4, 0.5) is 0 Å². The maximum absolute atomic E-state index is 5.76. The highest BCUT2D eigenvalue weighted by atomic mass is 28.1. The SMILES string of the molecule is CCOC(CCCCCCCCCCCC[SiH3])(OCC)OCC. The Labute approximate surface area is 148 Å². The van der Waals surface area contributed by atoms with Gasteiger partial charge in [0.1, 0.15) is 0 Å². The van der Waals surface area contributed by atoms with Crippen molar-refractivity contribution >= 4 is 10.2 Å². The van der Waals surface area contributed by atoms with Gasteiger partial charge in [-0.05, 0) is 27.2 Å². The predicted octanol–water partition coefficient (Wildman–Crippen LogP) is 4.82. The molecule has 0 saturated carbocycles. The molecular formula is C19H42O3Si. The first-order valence-electron chi connectivity index (χ1n) is 10.2. The summed E-state index contributed by atoms with van der Waals surface area (Å²) in [6.45, 7) is 7.86. The summed E-state index contributed by atoms with van der Waals surface area (Å²) in [6, 6.07) is 1.48. The lowest BCUT2D eigenvalue weighted by molar-refractivity contribution is -0.380. The molecular weight excluding hydrogens is 304 g/mol. The van der Waals surface area contributed by atoms with Gasteiger partial charge in [0.25, 0.3) is 5.97 Å².